The van der Waals surface area contributed by atoms with Crippen molar-refractivity contribution in [2.24, 2.45) is 7.05 Å². The summed E-state index contributed by atoms with van der Waals surface area (Å²) in [5, 5.41) is 12.5. The third-order valence-electron chi connectivity index (χ3n) is 4.30. The maximum atomic E-state index is 12.2. The molecule has 0 saturated heterocycles. The van der Waals surface area contributed by atoms with Gasteiger partial charge in [-0.15, -0.1) is 10.2 Å². The molecule has 0 fully saturated rings. The van der Waals surface area contributed by atoms with Gasteiger partial charge < -0.3 is 14.6 Å². The molecule has 1 heterocycles. The first kappa shape index (κ1) is 21.2. The number of nitrogens with zero attached hydrogens (tertiary/aromatic N) is 3. The van der Waals surface area contributed by atoms with E-state index < -0.39 is 0 Å². The maximum absolute atomic E-state index is 12.2. The molecule has 2 aromatic carbocycles. The molecule has 0 unspecified atom stereocenters. The number of thioether (sulfide) groups is 1. The van der Waals surface area contributed by atoms with Crippen LogP contribution in [0.15, 0.2) is 53.7 Å². The van der Waals surface area contributed by atoms with Crippen LogP contribution >= 0.6 is 23.4 Å². The van der Waals surface area contributed by atoms with E-state index in [0.717, 1.165) is 5.69 Å². The summed E-state index contributed by atoms with van der Waals surface area (Å²) in [6, 6.07) is 15.0. The molecule has 3 rings (SSSR count). The van der Waals surface area contributed by atoms with E-state index in [0.29, 0.717) is 27.7 Å². The minimum absolute atomic E-state index is 0.0886. The monoisotopic (exact) mass is 430 g/mol. The number of hydrogen-bond donors (Lipinski definition) is 1. The first-order chi connectivity index (χ1) is 13.9. The lowest BCUT2D eigenvalue weighted by molar-refractivity contribution is -0.113. The van der Waals surface area contributed by atoms with Crippen LogP contribution in [0, 0.1) is 0 Å². The second kappa shape index (κ2) is 9.80. The number of carbonyl (C=O) groups is 1. The van der Waals surface area contributed by atoms with Gasteiger partial charge in [0.2, 0.25) is 5.91 Å². The number of halogens is 1. The van der Waals surface area contributed by atoms with E-state index >= 15 is 0 Å². The molecule has 3 aromatic rings. The van der Waals surface area contributed by atoms with E-state index in [-0.39, 0.29) is 18.3 Å². The van der Waals surface area contributed by atoms with E-state index in [9.17, 15) is 4.79 Å². The van der Waals surface area contributed by atoms with E-state index in [1.165, 1.54) is 17.3 Å². The highest BCUT2D eigenvalue weighted by Gasteiger charge is 2.12. The number of rotatable bonds is 8. The van der Waals surface area contributed by atoms with Gasteiger partial charge in [0.1, 0.15) is 12.4 Å². The van der Waals surface area contributed by atoms with Crippen LogP contribution in [0.3, 0.4) is 0 Å². The van der Waals surface area contributed by atoms with Gasteiger partial charge in [-0.05, 0) is 47.9 Å². The molecule has 0 aliphatic heterocycles. The second-order valence-electron chi connectivity index (χ2n) is 6.81. The first-order valence-corrected chi connectivity index (χ1v) is 10.6. The number of hydrogen-bond acceptors (Lipinski definition) is 5. The van der Waals surface area contributed by atoms with Crippen molar-refractivity contribution >= 4 is 35.0 Å². The lowest BCUT2D eigenvalue weighted by Crippen LogP contribution is -2.14. The maximum Gasteiger partial charge on any atom is 0.234 e. The average molecular weight is 431 g/mol. The third kappa shape index (κ3) is 5.98. The molecule has 8 heteroatoms. The molecule has 152 valence electrons. The molecule has 1 N–H and O–H groups in total. The van der Waals surface area contributed by atoms with E-state index in [1.54, 1.807) is 24.3 Å². The van der Waals surface area contributed by atoms with Crippen LogP contribution in [0.1, 0.15) is 31.2 Å². The summed E-state index contributed by atoms with van der Waals surface area (Å²) in [4.78, 5) is 12.2. The number of ether oxygens (including phenoxy) is 1. The Labute approximate surface area is 179 Å². The predicted octanol–water partition coefficient (Wildman–Crippen LogP) is 4.90. The molecule has 0 saturated carbocycles. The molecule has 0 spiro atoms. The van der Waals surface area contributed by atoms with Crippen LogP contribution in [0.4, 0.5) is 5.69 Å². The lowest BCUT2D eigenvalue weighted by Gasteiger charge is -2.08. The minimum Gasteiger partial charge on any atom is -0.486 e. The molecular weight excluding hydrogens is 408 g/mol. The van der Waals surface area contributed by atoms with E-state index in [4.69, 9.17) is 16.3 Å². The molecule has 29 heavy (non-hydrogen) atoms. The van der Waals surface area contributed by atoms with Crippen molar-refractivity contribution in [2.75, 3.05) is 11.1 Å². The summed E-state index contributed by atoms with van der Waals surface area (Å²) in [5.41, 5.74) is 2.03. The zero-order chi connectivity index (χ0) is 20.8. The Hall–Kier alpha value is -2.51. The molecule has 1 amide bonds. The minimum atomic E-state index is -0.0886. The van der Waals surface area contributed by atoms with Crippen molar-refractivity contribution in [2.45, 2.75) is 31.5 Å². The summed E-state index contributed by atoms with van der Waals surface area (Å²) >= 11 is 7.20. The third-order valence-corrected chi connectivity index (χ3v) is 5.57. The van der Waals surface area contributed by atoms with Gasteiger partial charge in [0.05, 0.1) is 5.75 Å². The zero-order valence-corrected chi connectivity index (χ0v) is 18.1. The smallest absolute Gasteiger partial charge is 0.234 e. The fraction of sp³-hybridized carbons (Fsp3) is 0.286. The number of aromatic nitrogens is 3. The molecule has 1 aromatic heterocycles. The molecule has 0 aliphatic carbocycles. The normalized spacial score (nSPS) is 10.9. The van der Waals surface area contributed by atoms with Crippen molar-refractivity contribution in [1.82, 2.24) is 14.8 Å². The van der Waals surface area contributed by atoms with Gasteiger partial charge >= 0.3 is 0 Å². The van der Waals surface area contributed by atoms with Crippen molar-refractivity contribution in [3.8, 4) is 5.75 Å². The SMILES string of the molecule is CC(C)c1ccc(NC(=O)CSc2nnc(COc3ccc(Cl)cc3)n2C)cc1. The van der Waals surface area contributed by atoms with Crippen molar-refractivity contribution in [1.29, 1.82) is 0 Å². The Bertz CT molecular complexity index is 956. The Kier molecular flexibility index (Phi) is 7.17. The highest BCUT2D eigenvalue weighted by atomic mass is 35.5. The Morgan fingerprint density at radius 3 is 2.48 bits per heavy atom. The first-order valence-electron chi connectivity index (χ1n) is 9.21. The van der Waals surface area contributed by atoms with Crippen LogP contribution in [0.2, 0.25) is 5.02 Å². The fourth-order valence-corrected chi connectivity index (χ4v) is 3.41. The topological polar surface area (TPSA) is 69.0 Å². The van der Waals surface area contributed by atoms with Gasteiger partial charge in [-0.2, -0.15) is 0 Å². The lowest BCUT2D eigenvalue weighted by atomic mass is 10.0. The molecule has 0 radical (unpaired) electrons. The Balaban J connectivity index is 1.50. The summed E-state index contributed by atoms with van der Waals surface area (Å²) in [6.07, 6.45) is 0. The van der Waals surface area contributed by atoms with Gasteiger partial charge in [0.15, 0.2) is 11.0 Å². The number of benzene rings is 2. The largest absolute Gasteiger partial charge is 0.486 e. The summed E-state index contributed by atoms with van der Waals surface area (Å²) in [7, 11) is 1.85. The van der Waals surface area contributed by atoms with Crippen molar-refractivity contribution < 1.29 is 9.53 Å². The summed E-state index contributed by atoms with van der Waals surface area (Å²) in [6.45, 7) is 4.56. The number of carbonyl (C=O) groups excluding carboxylic acids is 1. The van der Waals surface area contributed by atoms with Crippen LogP contribution in [-0.2, 0) is 18.4 Å². The summed E-state index contributed by atoms with van der Waals surface area (Å²) < 4.78 is 7.53. The van der Waals surface area contributed by atoms with Gasteiger partial charge in [-0.1, -0.05) is 49.3 Å². The molecule has 6 nitrogen and oxygen atoms in total. The molecule has 0 aliphatic rings. The number of nitrogens with one attached hydrogen (secondary N) is 1. The predicted molar refractivity (Wildman–Crippen MR) is 117 cm³/mol. The van der Waals surface area contributed by atoms with Gasteiger partial charge in [0, 0.05) is 17.8 Å². The standard InChI is InChI=1S/C21H23ClN4O2S/c1-14(2)15-4-8-17(9-5-15)23-20(27)13-29-21-25-24-19(26(21)3)12-28-18-10-6-16(22)7-11-18/h4-11,14H,12-13H2,1-3H3,(H,23,27). The van der Waals surface area contributed by atoms with Gasteiger partial charge in [0.25, 0.3) is 0 Å². The Morgan fingerprint density at radius 2 is 1.83 bits per heavy atom. The average Bonchev–Trinajstić information content (AvgIpc) is 3.06. The molecule has 0 atom stereocenters. The van der Waals surface area contributed by atoms with Gasteiger partial charge in [-0.25, -0.2) is 0 Å². The highest BCUT2D eigenvalue weighted by molar-refractivity contribution is 7.99. The highest BCUT2D eigenvalue weighted by Crippen LogP contribution is 2.20. The molecule has 0 bridgehead atoms. The number of anilines is 1. The van der Waals surface area contributed by atoms with Gasteiger partial charge in [-0.3, -0.25) is 4.79 Å². The Morgan fingerprint density at radius 1 is 1.14 bits per heavy atom. The molecular formula is C21H23ClN4O2S. The van der Waals surface area contributed by atoms with Crippen LogP contribution in [0.5, 0.6) is 5.75 Å². The van der Waals surface area contributed by atoms with Crippen molar-refractivity contribution in [3.05, 3.63) is 64.9 Å². The van der Waals surface area contributed by atoms with E-state index in [1.807, 2.05) is 35.9 Å². The zero-order valence-electron chi connectivity index (χ0n) is 16.6. The second-order valence-corrected chi connectivity index (χ2v) is 8.19. The number of amides is 1. The van der Waals surface area contributed by atoms with Crippen LogP contribution < -0.4 is 10.1 Å². The quantitative estimate of drug-likeness (QED) is 0.514. The van der Waals surface area contributed by atoms with E-state index in [2.05, 4.69) is 29.4 Å². The summed E-state index contributed by atoms with van der Waals surface area (Å²) in [5.74, 6) is 2.00. The van der Waals surface area contributed by atoms with Crippen LogP contribution in [0.25, 0.3) is 0 Å². The van der Waals surface area contributed by atoms with Crippen LogP contribution in [-0.4, -0.2) is 26.4 Å². The van der Waals surface area contributed by atoms with Crippen molar-refractivity contribution in [3.63, 3.8) is 0 Å². The fourth-order valence-electron chi connectivity index (χ4n) is 2.55.